The van der Waals surface area contributed by atoms with Crippen molar-refractivity contribution in [2.24, 2.45) is 0 Å². The lowest BCUT2D eigenvalue weighted by Crippen LogP contribution is -2.56. The fraction of sp³-hybridized carbons (Fsp3) is 0.393. The van der Waals surface area contributed by atoms with E-state index in [4.69, 9.17) is 4.74 Å². The van der Waals surface area contributed by atoms with Crippen LogP contribution in [-0.2, 0) is 15.7 Å². The van der Waals surface area contributed by atoms with Crippen molar-refractivity contribution in [3.8, 4) is 0 Å². The second-order valence-electron chi connectivity index (χ2n) is 9.73. The van der Waals surface area contributed by atoms with E-state index in [1.807, 2.05) is 11.8 Å². The molecular weight excluding hydrogens is 532 g/mol. The quantitative estimate of drug-likeness (QED) is 0.422. The summed E-state index contributed by atoms with van der Waals surface area (Å²) >= 11 is 0. The SMILES string of the molecule is CCOC(=O)C1=C(CN2CCN(C(=O)c3ccc(F)cc3)[C@@H](C)C2)N(C)C(=O)N[C@@H]1c1ccc(C(F)(F)F)cc1. The molecule has 8 nitrogen and oxygen atoms in total. The van der Waals surface area contributed by atoms with Gasteiger partial charge in [0.1, 0.15) is 5.82 Å². The predicted molar refractivity (Wildman–Crippen MR) is 137 cm³/mol. The van der Waals surface area contributed by atoms with Crippen molar-refractivity contribution in [1.29, 1.82) is 0 Å². The number of rotatable bonds is 6. The topological polar surface area (TPSA) is 82.2 Å². The Balaban J connectivity index is 1.60. The molecule has 2 aromatic carbocycles. The van der Waals surface area contributed by atoms with Crippen LogP contribution >= 0.6 is 0 Å². The second-order valence-corrected chi connectivity index (χ2v) is 9.73. The minimum atomic E-state index is -4.53. The van der Waals surface area contributed by atoms with Crippen LogP contribution in [0.4, 0.5) is 22.4 Å². The van der Waals surface area contributed by atoms with Gasteiger partial charge in [-0.05, 0) is 55.8 Å². The van der Waals surface area contributed by atoms with E-state index in [9.17, 15) is 31.9 Å². The average Bonchev–Trinajstić information content (AvgIpc) is 2.91. The van der Waals surface area contributed by atoms with E-state index in [0.29, 0.717) is 36.5 Å². The highest BCUT2D eigenvalue weighted by Crippen LogP contribution is 2.34. The first-order chi connectivity index (χ1) is 18.9. The van der Waals surface area contributed by atoms with Gasteiger partial charge in [0.05, 0.1) is 23.8 Å². The molecule has 0 aliphatic carbocycles. The summed E-state index contributed by atoms with van der Waals surface area (Å²) in [5.41, 5.74) is 0.313. The molecule has 40 heavy (non-hydrogen) atoms. The standard InChI is InChI=1S/C28H30F4N4O4/c1-4-40-26(38)23-22(34(3)27(39)33-24(23)18-5-9-20(10-6-18)28(30,31)32)16-35-13-14-36(17(2)15-35)25(37)19-7-11-21(29)12-8-19/h5-12,17,24H,4,13-16H2,1-3H3,(H,33,39)/t17-,24+/m0/s1. The van der Waals surface area contributed by atoms with Gasteiger partial charge in [-0.25, -0.2) is 14.0 Å². The minimum absolute atomic E-state index is 0.0637. The van der Waals surface area contributed by atoms with Gasteiger partial charge in [-0.2, -0.15) is 13.2 Å². The summed E-state index contributed by atoms with van der Waals surface area (Å²) in [5, 5.41) is 2.70. The first-order valence-corrected chi connectivity index (χ1v) is 12.8. The summed E-state index contributed by atoms with van der Waals surface area (Å²) in [7, 11) is 1.50. The number of halogens is 4. The number of hydrogen-bond acceptors (Lipinski definition) is 5. The maximum absolute atomic E-state index is 13.3. The highest BCUT2D eigenvalue weighted by molar-refractivity contribution is 5.95. The lowest BCUT2D eigenvalue weighted by molar-refractivity contribution is -0.139. The van der Waals surface area contributed by atoms with E-state index < -0.39 is 35.6 Å². The summed E-state index contributed by atoms with van der Waals surface area (Å²) < 4.78 is 57.9. The molecule has 12 heteroatoms. The zero-order chi connectivity index (χ0) is 29.2. The van der Waals surface area contributed by atoms with E-state index in [0.717, 1.165) is 12.1 Å². The van der Waals surface area contributed by atoms with E-state index in [-0.39, 0.29) is 30.7 Å². The molecule has 1 N–H and O–H groups in total. The molecule has 3 amide bonds. The maximum atomic E-state index is 13.3. The van der Waals surface area contributed by atoms with Crippen LogP contribution in [-0.4, -0.2) is 78.5 Å². The van der Waals surface area contributed by atoms with Crippen molar-refractivity contribution in [2.45, 2.75) is 32.1 Å². The molecule has 4 rings (SSSR count). The van der Waals surface area contributed by atoms with Crippen LogP contribution in [0.1, 0.15) is 41.4 Å². The van der Waals surface area contributed by atoms with Crippen molar-refractivity contribution in [3.05, 3.63) is 82.3 Å². The Kier molecular flexibility index (Phi) is 8.48. The Labute approximate surface area is 229 Å². The fourth-order valence-corrected chi connectivity index (χ4v) is 4.96. The second kappa shape index (κ2) is 11.7. The zero-order valence-corrected chi connectivity index (χ0v) is 22.3. The van der Waals surface area contributed by atoms with E-state index in [2.05, 4.69) is 5.32 Å². The smallest absolute Gasteiger partial charge is 0.416 e. The van der Waals surface area contributed by atoms with Crippen LogP contribution < -0.4 is 5.32 Å². The van der Waals surface area contributed by atoms with Gasteiger partial charge >= 0.3 is 18.2 Å². The molecule has 1 fully saturated rings. The van der Waals surface area contributed by atoms with Crippen LogP contribution in [0, 0.1) is 5.82 Å². The summed E-state index contributed by atoms with van der Waals surface area (Å²) in [6.07, 6.45) is -4.53. The predicted octanol–water partition coefficient (Wildman–Crippen LogP) is 4.20. The largest absolute Gasteiger partial charge is 0.463 e. The van der Waals surface area contributed by atoms with E-state index in [1.165, 1.54) is 48.3 Å². The third-order valence-electron chi connectivity index (χ3n) is 7.08. The van der Waals surface area contributed by atoms with Gasteiger partial charge < -0.3 is 15.0 Å². The van der Waals surface area contributed by atoms with Gasteiger partial charge in [0.15, 0.2) is 0 Å². The third-order valence-corrected chi connectivity index (χ3v) is 7.08. The number of nitrogens with one attached hydrogen (secondary N) is 1. The molecule has 0 unspecified atom stereocenters. The van der Waals surface area contributed by atoms with Crippen molar-refractivity contribution >= 4 is 17.9 Å². The number of piperazine rings is 1. The first-order valence-electron chi connectivity index (χ1n) is 12.8. The van der Waals surface area contributed by atoms with Gasteiger partial charge in [0.2, 0.25) is 0 Å². The van der Waals surface area contributed by atoms with Crippen LogP contribution in [0.15, 0.2) is 59.8 Å². The van der Waals surface area contributed by atoms with Crippen molar-refractivity contribution < 1.29 is 36.7 Å². The molecular formula is C28H30F4N4O4. The monoisotopic (exact) mass is 562 g/mol. The molecule has 0 spiro atoms. The number of nitrogens with zero attached hydrogens (tertiary/aromatic N) is 3. The Morgan fingerprint density at radius 3 is 2.27 bits per heavy atom. The Hall–Kier alpha value is -3.93. The molecule has 2 aromatic rings. The van der Waals surface area contributed by atoms with E-state index >= 15 is 0 Å². The van der Waals surface area contributed by atoms with Gasteiger partial charge in [-0.15, -0.1) is 0 Å². The third kappa shape index (κ3) is 6.11. The van der Waals surface area contributed by atoms with Gasteiger partial charge in [0.25, 0.3) is 5.91 Å². The number of carbonyl (C=O) groups is 3. The summed E-state index contributed by atoms with van der Waals surface area (Å²) in [4.78, 5) is 44.1. The number of urea groups is 1. The zero-order valence-electron chi connectivity index (χ0n) is 22.3. The molecule has 0 aromatic heterocycles. The fourth-order valence-electron chi connectivity index (χ4n) is 4.96. The molecule has 0 saturated carbocycles. The van der Waals surface area contributed by atoms with Gasteiger partial charge in [0, 0.05) is 50.5 Å². The number of likely N-dealkylation sites (N-methyl/N-ethyl adjacent to an activating group) is 1. The van der Waals surface area contributed by atoms with Crippen LogP contribution in [0.2, 0.25) is 0 Å². The molecule has 2 atom stereocenters. The van der Waals surface area contributed by atoms with Crippen molar-refractivity contribution in [2.75, 3.05) is 39.8 Å². The molecule has 214 valence electrons. The Bertz CT molecular complexity index is 1290. The summed E-state index contributed by atoms with van der Waals surface area (Å²) in [6, 6.07) is 7.84. The van der Waals surface area contributed by atoms with Crippen LogP contribution in [0.25, 0.3) is 0 Å². The van der Waals surface area contributed by atoms with Crippen molar-refractivity contribution in [3.63, 3.8) is 0 Å². The van der Waals surface area contributed by atoms with Gasteiger partial charge in [-0.3, -0.25) is 14.6 Å². The number of amides is 3. The van der Waals surface area contributed by atoms with Gasteiger partial charge in [-0.1, -0.05) is 12.1 Å². The molecule has 2 heterocycles. The lowest BCUT2D eigenvalue weighted by Gasteiger charge is -2.42. The number of alkyl halides is 3. The van der Waals surface area contributed by atoms with E-state index in [1.54, 1.807) is 11.8 Å². The number of benzene rings is 2. The number of carbonyl (C=O) groups excluding carboxylic acids is 3. The number of ether oxygens (including phenoxy) is 1. The normalized spacial score (nSPS) is 20.4. The summed E-state index contributed by atoms with van der Waals surface area (Å²) in [6.45, 7) is 4.94. The average molecular weight is 563 g/mol. The molecule has 1 saturated heterocycles. The molecule has 0 radical (unpaired) electrons. The van der Waals surface area contributed by atoms with Crippen molar-refractivity contribution in [1.82, 2.24) is 20.0 Å². The van der Waals surface area contributed by atoms with Crippen LogP contribution in [0.5, 0.6) is 0 Å². The Morgan fingerprint density at radius 1 is 1.05 bits per heavy atom. The lowest BCUT2D eigenvalue weighted by atomic mass is 9.93. The molecule has 2 aliphatic heterocycles. The highest BCUT2D eigenvalue weighted by Gasteiger charge is 2.39. The first kappa shape index (κ1) is 29.1. The molecule has 2 aliphatic rings. The number of hydrogen-bond donors (Lipinski definition) is 1. The Morgan fingerprint density at radius 2 is 1.70 bits per heavy atom. The van der Waals surface area contributed by atoms with Crippen LogP contribution in [0.3, 0.4) is 0 Å². The summed E-state index contributed by atoms with van der Waals surface area (Å²) in [5.74, 6) is -1.35. The molecule has 0 bridgehead atoms. The number of esters is 1. The maximum Gasteiger partial charge on any atom is 0.416 e. The minimum Gasteiger partial charge on any atom is -0.463 e. The highest BCUT2D eigenvalue weighted by atomic mass is 19.4.